The van der Waals surface area contributed by atoms with Gasteiger partial charge in [0.2, 0.25) is 5.24 Å². The van der Waals surface area contributed by atoms with Crippen LogP contribution >= 0.6 is 11.6 Å². The van der Waals surface area contributed by atoms with Crippen molar-refractivity contribution in [3.05, 3.63) is 0 Å². The molecule has 0 aromatic carbocycles. The number of hydrogen-bond acceptors (Lipinski definition) is 2. The quantitative estimate of drug-likeness (QED) is 0.476. The first kappa shape index (κ1) is 2.93. The Hall–Kier alpha value is -0.570. The summed E-state index contributed by atoms with van der Waals surface area (Å²) in [6.07, 6.45) is -49.5. The third-order valence-corrected chi connectivity index (χ3v) is 0.925. The third-order valence-electron chi connectivity index (χ3n) is 0.830. The summed E-state index contributed by atoms with van der Waals surface area (Å²) in [5.41, 5.74) is 0. The van der Waals surface area contributed by atoms with Gasteiger partial charge in [0.25, 0.3) is 0 Å². The first-order chi connectivity index (χ1) is 20.9. The van der Waals surface area contributed by atoms with Crippen molar-refractivity contribution in [1.29, 1.82) is 0 Å². The number of aliphatic carboxylic acids is 1. The number of carbonyl (C=O) groups is 2. The molecular weight excluding hydrogens is 276 g/mol. The molecule has 1 N–H and O–H groups in total. The molecule has 0 aromatic heterocycles. The molecule has 0 unspecified atom stereocenters. The van der Waals surface area contributed by atoms with E-state index in [-0.39, 0.29) is 0 Å². The summed E-state index contributed by atoms with van der Waals surface area (Å²) in [7, 11) is 0. The van der Waals surface area contributed by atoms with Crippen molar-refractivity contribution in [3.63, 3.8) is 0 Å². The maximum Gasteiger partial charge on any atom is 0.303 e. The van der Waals surface area contributed by atoms with Crippen molar-refractivity contribution >= 4 is 22.8 Å². The average molecular weight is 337 g/mol. The second-order valence-electron chi connectivity index (χ2n) is 2.08. The minimum atomic E-state index is -4.29. The van der Waals surface area contributed by atoms with Gasteiger partial charge in [-0.15, -0.1) is 0 Å². The summed E-state index contributed by atoms with van der Waals surface area (Å²) < 4.78 is 221. The summed E-state index contributed by atoms with van der Waals surface area (Å²) in [5, 5.41) is 6.70. The van der Waals surface area contributed by atoms with Gasteiger partial charge in [0.1, 0.15) is 0 Å². The number of carboxylic acids is 1. The summed E-state index contributed by atoms with van der Waals surface area (Å²) in [6.45, 7) is -7.54. The Morgan fingerprint density at radius 3 is 1.75 bits per heavy atom. The minimum Gasteiger partial charge on any atom is -0.481 e. The molecule has 0 bridgehead atoms. The largest absolute Gasteiger partial charge is 0.481 e. The molecule has 0 fully saturated rings. The maximum atomic E-state index is 11.1. The van der Waals surface area contributed by atoms with Crippen molar-refractivity contribution in [1.82, 2.24) is 0 Å². The van der Waals surface area contributed by atoms with E-state index < -0.39 is 101 Å². The van der Waals surface area contributed by atoms with Crippen molar-refractivity contribution < 1.29 is 55.8 Å². The van der Waals surface area contributed by atoms with E-state index in [2.05, 4.69) is 0 Å². The minimum absolute atomic E-state index is 2.03. The van der Waals surface area contributed by atoms with Crippen LogP contribution in [0.25, 0.3) is 0 Å². The third kappa shape index (κ3) is 26.1. The SMILES string of the molecule is [2H]C([2H])([2H])C([2H])([2H])C([2H])([2H])C([2H])([2H])C([2H])([2H])C([2H])([2H])C([2H])([2H])C(=O)Cl.[2H]C([2H])([2H])C([2H])([2H])C([2H])([2H])C([2H])([2H])C([2H])([2H])C([2H])([2H])C([2H])([2H])C(=O)O. The number of rotatable bonds is 12. The zero-order valence-electron chi connectivity index (χ0n) is 39.6. The van der Waals surface area contributed by atoms with Crippen LogP contribution in [-0.4, -0.2) is 16.3 Å². The Kier molecular flexibility index (Phi) is 2.70. The highest BCUT2D eigenvalue weighted by Gasteiger charge is 1.95. The molecule has 0 saturated heterocycles. The van der Waals surface area contributed by atoms with Crippen LogP contribution in [0.15, 0.2) is 0 Å². The van der Waals surface area contributed by atoms with Crippen LogP contribution in [0.2, 0.25) is 0 Å². The molecule has 0 spiro atoms. The van der Waals surface area contributed by atoms with Crippen LogP contribution in [0, 0.1) is 0 Å². The second kappa shape index (κ2) is 18.4. The molecule has 0 rings (SSSR count). The van der Waals surface area contributed by atoms with E-state index in [1.165, 1.54) is 0 Å². The van der Waals surface area contributed by atoms with E-state index in [1.807, 2.05) is 0 Å². The number of hydrogen-bond donors (Lipinski definition) is 1. The molecule has 0 amide bonds. The lowest BCUT2D eigenvalue weighted by atomic mass is 10.1. The van der Waals surface area contributed by atoms with Gasteiger partial charge < -0.3 is 5.11 Å². The van der Waals surface area contributed by atoms with Gasteiger partial charge in [-0.05, 0) is 24.3 Å². The normalized spacial score (nSPS) is 41.9. The van der Waals surface area contributed by atoms with Crippen LogP contribution in [0.1, 0.15) is 131 Å². The van der Waals surface area contributed by atoms with Crippen LogP contribution in [0.3, 0.4) is 0 Å². The van der Waals surface area contributed by atoms with E-state index in [1.54, 1.807) is 0 Å². The zero-order chi connectivity index (χ0) is 42.2. The number of carbonyl (C=O) groups excluding carboxylic acids is 1. The van der Waals surface area contributed by atoms with Gasteiger partial charge in [-0.1, -0.05) is 64.7 Å². The van der Waals surface area contributed by atoms with Crippen molar-refractivity contribution in [2.75, 3.05) is 0 Å². The second-order valence-corrected chi connectivity index (χ2v) is 2.42. The molecular formula is C16H31ClO3. The van der Waals surface area contributed by atoms with Gasteiger partial charge in [-0.3, -0.25) is 9.59 Å². The summed E-state index contributed by atoms with van der Waals surface area (Å²) in [5.74, 6) is -2.50. The molecule has 0 aliphatic rings. The molecule has 120 valence electrons. The van der Waals surface area contributed by atoms with E-state index in [0.717, 1.165) is 0 Å². The lowest BCUT2D eigenvalue weighted by molar-refractivity contribution is -0.137. The van der Waals surface area contributed by atoms with E-state index in [0.29, 0.717) is 0 Å². The fraction of sp³-hybridized carbons (Fsp3) is 0.875. The molecule has 0 atom stereocenters. The van der Waals surface area contributed by atoms with E-state index >= 15 is 0 Å². The lowest BCUT2D eigenvalue weighted by Gasteiger charge is -1.95. The van der Waals surface area contributed by atoms with Gasteiger partial charge in [-0.2, -0.15) is 0 Å². The zero-order valence-corrected chi connectivity index (χ0v) is 10.4. The van der Waals surface area contributed by atoms with E-state index in [9.17, 15) is 9.59 Å². The lowest BCUT2D eigenvalue weighted by Crippen LogP contribution is -1.93. The monoisotopic (exact) mass is 336 g/mol. The first-order valence-electron chi connectivity index (χ1n) is 19.3. The smallest absolute Gasteiger partial charge is 0.303 e. The molecule has 0 aliphatic carbocycles. The Balaban J connectivity index is 0. The Bertz CT molecular complexity index is 1160. The van der Waals surface area contributed by atoms with Gasteiger partial charge in [0.05, 0.1) is 0 Å². The molecule has 4 heteroatoms. The summed E-state index contributed by atoms with van der Waals surface area (Å²) in [4.78, 5) is 22.0. The molecule has 0 aliphatic heterocycles. The molecule has 0 heterocycles. The van der Waals surface area contributed by atoms with Crippen LogP contribution in [-0.2, 0) is 9.59 Å². The Morgan fingerprint density at radius 1 is 0.900 bits per heavy atom. The van der Waals surface area contributed by atoms with Gasteiger partial charge in [-0.25, -0.2) is 0 Å². The number of carboxylic acid groups (broad SMARTS) is 1. The van der Waals surface area contributed by atoms with Crippen LogP contribution in [0.4, 0.5) is 0 Å². The summed E-state index contributed by atoms with van der Waals surface area (Å²) >= 11 is 4.89. The Labute approximate surface area is 171 Å². The fourth-order valence-corrected chi connectivity index (χ4v) is 0.400. The topological polar surface area (TPSA) is 54.4 Å². The van der Waals surface area contributed by atoms with Crippen molar-refractivity contribution in [2.24, 2.45) is 0 Å². The van der Waals surface area contributed by atoms with Gasteiger partial charge in [0, 0.05) is 53.9 Å². The predicted molar refractivity (Wildman–Crippen MR) is 85.2 cm³/mol. The van der Waals surface area contributed by atoms with Gasteiger partial charge in [0.15, 0.2) is 0 Å². The van der Waals surface area contributed by atoms with Gasteiger partial charge >= 0.3 is 5.97 Å². The van der Waals surface area contributed by atoms with Crippen LogP contribution in [0.5, 0.6) is 0 Å². The molecule has 0 saturated carbocycles. The first-order valence-corrected chi connectivity index (χ1v) is 4.70. The maximum absolute atomic E-state index is 11.1. The highest BCUT2D eigenvalue weighted by Crippen LogP contribution is 2.06. The highest BCUT2D eigenvalue weighted by atomic mass is 35.5. The van der Waals surface area contributed by atoms with Crippen molar-refractivity contribution in [3.8, 4) is 0 Å². The standard InChI is InChI=1S/C8H15ClO.C8H16O2/c2*1-2-3-4-5-6-7-8(9)10/h2-7H2,1H3;2-7H2,1H3,(H,9,10)/i2*1D3,2D2,3D2,4D2,5D2,6D2,7D2. The molecule has 0 radical (unpaired) electrons. The average Bonchev–Trinajstić information content (AvgIpc) is 2.86. The molecule has 3 nitrogen and oxygen atoms in total. The molecule has 0 aromatic rings. The van der Waals surface area contributed by atoms with Crippen molar-refractivity contribution in [2.45, 2.75) is 90.2 Å². The fourth-order valence-electron chi connectivity index (χ4n) is 0.353. The van der Waals surface area contributed by atoms with Crippen LogP contribution < -0.4 is 0 Å². The highest BCUT2D eigenvalue weighted by molar-refractivity contribution is 6.63. The van der Waals surface area contributed by atoms with E-state index in [4.69, 9.17) is 57.8 Å². The predicted octanol–water partition coefficient (Wildman–Crippen LogP) is 5.54. The molecule has 20 heavy (non-hydrogen) atoms. The summed E-state index contributed by atoms with van der Waals surface area (Å²) in [6, 6.07) is 0. The number of halogens is 1. The Morgan fingerprint density at radius 2 is 1.35 bits per heavy atom.